The Labute approximate surface area is 91.5 Å². The van der Waals surface area contributed by atoms with Gasteiger partial charge >= 0.3 is 0 Å². The van der Waals surface area contributed by atoms with Crippen LogP contribution in [0.25, 0.3) is 0 Å². The minimum Gasteiger partial charge on any atom is -0.319 e. The van der Waals surface area contributed by atoms with Crippen LogP contribution in [-0.4, -0.2) is 13.6 Å². The van der Waals surface area contributed by atoms with Crippen molar-refractivity contribution in [1.82, 2.24) is 5.32 Å². The Morgan fingerprint density at radius 1 is 1.36 bits per heavy atom. The van der Waals surface area contributed by atoms with E-state index >= 15 is 0 Å². The van der Waals surface area contributed by atoms with Crippen molar-refractivity contribution in [3.05, 3.63) is 34.9 Å². The van der Waals surface area contributed by atoms with Crippen molar-refractivity contribution in [3.8, 4) is 0 Å². The summed E-state index contributed by atoms with van der Waals surface area (Å²) < 4.78 is 0. The van der Waals surface area contributed by atoms with Crippen molar-refractivity contribution in [1.29, 1.82) is 0 Å². The normalized spacial score (nSPS) is 12.8. The van der Waals surface area contributed by atoms with E-state index in [4.69, 9.17) is 11.6 Å². The fourth-order valence-corrected chi connectivity index (χ4v) is 1.78. The van der Waals surface area contributed by atoms with Gasteiger partial charge in [-0.2, -0.15) is 0 Å². The van der Waals surface area contributed by atoms with E-state index in [1.165, 1.54) is 12.0 Å². The average Bonchev–Trinajstić information content (AvgIpc) is 2.17. The first-order valence-corrected chi connectivity index (χ1v) is 5.50. The molecule has 1 atom stereocenters. The molecule has 0 amide bonds. The van der Waals surface area contributed by atoms with Crippen LogP contribution in [0.15, 0.2) is 24.3 Å². The molecule has 0 aliphatic rings. The molecule has 0 aliphatic heterocycles. The maximum atomic E-state index is 6.07. The Hall–Kier alpha value is -0.530. The summed E-state index contributed by atoms with van der Waals surface area (Å²) >= 11 is 6.07. The zero-order valence-electron chi connectivity index (χ0n) is 8.89. The van der Waals surface area contributed by atoms with E-state index in [2.05, 4.69) is 18.3 Å². The summed E-state index contributed by atoms with van der Waals surface area (Å²) in [6, 6.07) is 8.08. The van der Waals surface area contributed by atoms with Crippen molar-refractivity contribution in [2.45, 2.75) is 19.8 Å². The molecule has 0 saturated heterocycles. The minimum atomic E-state index is 0.705. The number of halogens is 1. The number of nitrogens with one attached hydrogen (secondary N) is 1. The van der Waals surface area contributed by atoms with E-state index in [1.807, 2.05) is 25.2 Å². The molecule has 1 aromatic carbocycles. The van der Waals surface area contributed by atoms with Crippen LogP contribution in [0.1, 0.15) is 18.9 Å². The zero-order chi connectivity index (χ0) is 10.4. The molecule has 1 nitrogen and oxygen atoms in total. The van der Waals surface area contributed by atoms with Gasteiger partial charge in [-0.1, -0.05) is 36.7 Å². The maximum absolute atomic E-state index is 6.07. The van der Waals surface area contributed by atoms with Crippen molar-refractivity contribution in [3.63, 3.8) is 0 Å². The quantitative estimate of drug-likeness (QED) is 0.789. The molecule has 0 fully saturated rings. The van der Waals surface area contributed by atoms with Crippen LogP contribution >= 0.6 is 11.6 Å². The Kier molecular flexibility index (Phi) is 4.99. The van der Waals surface area contributed by atoms with Crippen LogP contribution in [0.2, 0.25) is 5.02 Å². The largest absolute Gasteiger partial charge is 0.319 e. The third-order valence-corrected chi connectivity index (χ3v) is 2.79. The third kappa shape index (κ3) is 3.69. The predicted octanol–water partition coefficient (Wildman–Crippen LogP) is 3.13. The Balaban J connectivity index is 2.41. The molecule has 14 heavy (non-hydrogen) atoms. The van der Waals surface area contributed by atoms with E-state index in [-0.39, 0.29) is 0 Å². The second-order valence-corrected chi connectivity index (χ2v) is 4.20. The molecule has 0 radical (unpaired) electrons. The standard InChI is InChI=1S/C12H18ClN/c1-10(9-14-2)7-8-11-5-3-4-6-12(11)13/h3-6,10,14H,7-9H2,1-2H3. The second kappa shape index (κ2) is 6.05. The molecule has 1 unspecified atom stereocenters. The lowest BCUT2D eigenvalue weighted by atomic mass is 10.0. The van der Waals surface area contributed by atoms with Crippen LogP contribution in [0.5, 0.6) is 0 Å². The Bertz CT molecular complexity index is 273. The molecule has 0 spiro atoms. The van der Waals surface area contributed by atoms with Gasteiger partial charge in [-0.3, -0.25) is 0 Å². The molecule has 0 saturated carbocycles. The summed E-state index contributed by atoms with van der Waals surface area (Å²) in [5.74, 6) is 0.705. The molecule has 0 aliphatic carbocycles. The first-order chi connectivity index (χ1) is 6.74. The molecule has 1 rings (SSSR count). The predicted molar refractivity (Wildman–Crippen MR) is 62.9 cm³/mol. The van der Waals surface area contributed by atoms with Crippen LogP contribution in [0.3, 0.4) is 0 Å². The lowest BCUT2D eigenvalue weighted by Gasteiger charge is -2.10. The summed E-state index contributed by atoms with van der Waals surface area (Å²) in [5, 5.41) is 4.08. The van der Waals surface area contributed by atoms with Crippen molar-refractivity contribution in [2.75, 3.05) is 13.6 Å². The smallest absolute Gasteiger partial charge is 0.0437 e. The highest BCUT2D eigenvalue weighted by atomic mass is 35.5. The molecule has 78 valence electrons. The van der Waals surface area contributed by atoms with E-state index in [1.54, 1.807) is 0 Å². The van der Waals surface area contributed by atoms with E-state index in [0.717, 1.165) is 18.0 Å². The van der Waals surface area contributed by atoms with Gasteiger partial charge in [0.05, 0.1) is 0 Å². The van der Waals surface area contributed by atoms with Gasteiger partial charge in [0.1, 0.15) is 0 Å². The summed E-state index contributed by atoms with van der Waals surface area (Å²) in [6.07, 6.45) is 2.26. The molecule has 0 bridgehead atoms. The van der Waals surface area contributed by atoms with Gasteiger partial charge in [0.2, 0.25) is 0 Å². The van der Waals surface area contributed by atoms with Gasteiger partial charge in [-0.15, -0.1) is 0 Å². The van der Waals surface area contributed by atoms with Gasteiger partial charge < -0.3 is 5.32 Å². The van der Waals surface area contributed by atoms with Crippen molar-refractivity contribution >= 4 is 11.6 Å². The molecule has 1 N–H and O–H groups in total. The van der Waals surface area contributed by atoms with Crippen molar-refractivity contribution in [2.24, 2.45) is 5.92 Å². The number of rotatable bonds is 5. The van der Waals surface area contributed by atoms with Gasteiger partial charge in [-0.05, 0) is 44.0 Å². The van der Waals surface area contributed by atoms with Crippen molar-refractivity contribution < 1.29 is 0 Å². The van der Waals surface area contributed by atoms with E-state index in [9.17, 15) is 0 Å². The first-order valence-electron chi connectivity index (χ1n) is 5.12. The number of hydrogen-bond acceptors (Lipinski definition) is 1. The summed E-state index contributed by atoms with van der Waals surface area (Å²) in [5.41, 5.74) is 1.26. The Morgan fingerprint density at radius 2 is 2.07 bits per heavy atom. The molecule has 2 heteroatoms. The first kappa shape index (κ1) is 11.5. The van der Waals surface area contributed by atoms with Crippen LogP contribution in [0, 0.1) is 5.92 Å². The monoisotopic (exact) mass is 211 g/mol. The Morgan fingerprint density at radius 3 is 2.71 bits per heavy atom. The fraction of sp³-hybridized carbons (Fsp3) is 0.500. The lowest BCUT2D eigenvalue weighted by Crippen LogP contribution is -2.16. The highest BCUT2D eigenvalue weighted by Gasteiger charge is 2.03. The van der Waals surface area contributed by atoms with Gasteiger partial charge in [-0.25, -0.2) is 0 Å². The number of benzene rings is 1. The number of hydrogen-bond donors (Lipinski definition) is 1. The summed E-state index contributed by atoms with van der Waals surface area (Å²) in [4.78, 5) is 0. The topological polar surface area (TPSA) is 12.0 Å². The molecule has 1 aromatic rings. The average molecular weight is 212 g/mol. The third-order valence-electron chi connectivity index (χ3n) is 2.42. The van der Waals surface area contributed by atoms with E-state index < -0.39 is 0 Å². The molecular weight excluding hydrogens is 194 g/mol. The fourth-order valence-electron chi connectivity index (χ4n) is 1.55. The van der Waals surface area contributed by atoms with Crippen LogP contribution in [0.4, 0.5) is 0 Å². The molecule has 0 heterocycles. The van der Waals surface area contributed by atoms with Crippen LogP contribution in [-0.2, 0) is 6.42 Å². The zero-order valence-corrected chi connectivity index (χ0v) is 9.64. The summed E-state index contributed by atoms with van der Waals surface area (Å²) in [6.45, 7) is 3.33. The maximum Gasteiger partial charge on any atom is 0.0437 e. The van der Waals surface area contributed by atoms with Gasteiger partial charge in [0, 0.05) is 5.02 Å². The molecule has 0 aromatic heterocycles. The van der Waals surface area contributed by atoms with Gasteiger partial charge in [0.25, 0.3) is 0 Å². The number of aryl methyl sites for hydroxylation is 1. The van der Waals surface area contributed by atoms with Crippen LogP contribution < -0.4 is 5.32 Å². The highest BCUT2D eigenvalue weighted by Crippen LogP contribution is 2.18. The highest BCUT2D eigenvalue weighted by molar-refractivity contribution is 6.31. The lowest BCUT2D eigenvalue weighted by molar-refractivity contribution is 0.505. The summed E-state index contributed by atoms with van der Waals surface area (Å²) in [7, 11) is 1.99. The van der Waals surface area contributed by atoms with E-state index in [0.29, 0.717) is 5.92 Å². The SMILES string of the molecule is CNCC(C)CCc1ccccc1Cl. The minimum absolute atomic E-state index is 0.705. The molecular formula is C12H18ClN. The van der Waals surface area contributed by atoms with Gasteiger partial charge in [0.15, 0.2) is 0 Å². The second-order valence-electron chi connectivity index (χ2n) is 3.79.